The summed E-state index contributed by atoms with van der Waals surface area (Å²) < 4.78 is 10.0. The highest BCUT2D eigenvalue weighted by atomic mass is 35.5. The van der Waals surface area contributed by atoms with Crippen LogP contribution in [0.15, 0.2) is 42.0 Å². The first-order valence-corrected chi connectivity index (χ1v) is 9.09. The number of esters is 1. The van der Waals surface area contributed by atoms with Gasteiger partial charge in [0.25, 0.3) is 5.91 Å². The summed E-state index contributed by atoms with van der Waals surface area (Å²) in [6.45, 7) is 1.53. The van der Waals surface area contributed by atoms with Crippen molar-refractivity contribution in [2.24, 2.45) is 0 Å². The lowest BCUT2D eigenvalue weighted by molar-refractivity contribution is -0.145. The number of phenols is 1. The average Bonchev–Trinajstić information content (AvgIpc) is 2.67. The van der Waals surface area contributed by atoms with E-state index in [0.717, 1.165) is 0 Å². The molecule has 9 heteroatoms. The Kier molecular flexibility index (Phi) is 7.89. The second-order valence-corrected chi connectivity index (χ2v) is 6.39. The molecule has 2 aromatic carbocycles. The van der Waals surface area contributed by atoms with Crippen molar-refractivity contribution >= 4 is 46.8 Å². The van der Waals surface area contributed by atoms with Gasteiger partial charge in [-0.1, -0.05) is 23.2 Å². The maximum absolute atomic E-state index is 12.3. The molecule has 29 heavy (non-hydrogen) atoms. The average molecular weight is 435 g/mol. The normalized spacial score (nSPS) is 10.8. The highest BCUT2D eigenvalue weighted by Gasteiger charge is 2.14. The third-order valence-corrected chi connectivity index (χ3v) is 4.02. The van der Waals surface area contributed by atoms with Crippen molar-refractivity contribution in [3.8, 4) is 17.6 Å². The van der Waals surface area contributed by atoms with Crippen LogP contribution in [0.3, 0.4) is 0 Å². The first-order chi connectivity index (χ1) is 13.8. The minimum absolute atomic E-state index is 0.0496. The Labute approximate surface area is 177 Å². The van der Waals surface area contributed by atoms with Crippen molar-refractivity contribution < 1.29 is 24.2 Å². The summed E-state index contributed by atoms with van der Waals surface area (Å²) in [6.07, 6.45) is 1.31. The number of benzene rings is 2. The first kappa shape index (κ1) is 22.1. The molecule has 0 unspecified atom stereocenters. The molecular weight excluding hydrogens is 419 g/mol. The number of aromatic hydroxyl groups is 1. The summed E-state index contributed by atoms with van der Waals surface area (Å²) in [7, 11) is 0. The minimum atomic E-state index is -0.645. The summed E-state index contributed by atoms with van der Waals surface area (Å²) in [4.78, 5) is 23.7. The van der Waals surface area contributed by atoms with E-state index in [0.29, 0.717) is 11.3 Å². The number of nitrogens with one attached hydrogen (secondary N) is 1. The monoisotopic (exact) mass is 434 g/mol. The molecule has 1 amide bonds. The molecule has 0 spiro atoms. The molecular formula is C20H16Cl2N2O5. The summed E-state index contributed by atoms with van der Waals surface area (Å²) in [5.41, 5.74) is 0.610. The predicted molar refractivity (Wildman–Crippen MR) is 109 cm³/mol. The summed E-state index contributed by atoms with van der Waals surface area (Å²) >= 11 is 12.3. The molecule has 0 heterocycles. The maximum atomic E-state index is 12.3. The molecule has 0 aromatic heterocycles. The van der Waals surface area contributed by atoms with Gasteiger partial charge in [0.05, 0.1) is 16.7 Å². The van der Waals surface area contributed by atoms with Crippen LogP contribution in [-0.2, 0) is 14.3 Å². The van der Waals surface area contributed by atoms with E-state index < -0.39 is 11.9 Å². The molecule has 0 aliphatic carbocycles. The number of carbonyl (C=O) groups is 2. The number of nitriles is 1. The van der Waals surface area contributed by atoms with Crippen LogP contribution in [0.5, 0.6) is 11.5 Å². The lowest BCUT2D eigenvalue weighted by atomic mass is 10.1. The molecule has 2 N–H and O–H groups in total. The zero-order valence-electron chi connectivity index (χ0n) is 15.2. The topological polar surface area (TPSA) is 109 Å². The Balaban J connectivity index is 2.18. The first-order valence-electron chi connectivity index (χ1n) is 8.33. The van der Waals surface area contributed by atoms with Gasteiger partial charge in [0.1, 0.15) is 17.4 Å². The summed E-state index contributed by atoms with van der Waals surface area (Å²) in [6, 6.07) is 10.5. The lowest BCUT2D eigenvalue weighted by Crippen LogP contribution is -2.15. The number of anilines is 1. The lowest BCUT2D eigenvalue weighted by Gasteiger charge is -2.10. The van der Waals surface area contributed by atoms with Gasteiger partial charge in [-0.15, -0.1) is 0 Å². The van der Waals surface area contributed by atoms with Gasteiger partial charge in [0, 0.05) is 5.69 Å². The highest BCUT2D eigenvalue weighted by molar-refractivity contribution is 6.37. The van der Waals surface area contributed by atoms with E-state index >= 15 is 0 Å². The molecule has 0 fully saturated rings. The van der Waals surface area contributed by atoms with Crippen LogP contribution >= 0.6 is 23.2 Å². The molecule has 0 saturated heterocycles. The number of rotatable bonds is 7. The van der Waals surface area contributed by atoms with Crippen molar-refractivity contribution in [3.05, 3.63) is 57.6 Å². The largest absolute Gasteiger partial charge is 0.508 e. The molecule has 2 aromatic rings. The molecule has 150 valence electrons. The van der Waals surface area contributed by atoms with Crippen molar-refractivity contribution in [2.75, 3.05) is 18.5 Å². The Hall–Kier alpha value is -3.21. The SMILES string of the molecule is CCOC(=O)COc1c(Cl)cc(/C=C(\C#N)C(=O)Nc2ccc(O)cc2)cc1Cl. The molecule has 0 saturated carbocycles. The third kappa shape index (κ3) is 6.42. The van der Waals surface area contributed by atoms with Crippen LogP contribution in [0.4, 0.5) is 5.69 Å². The van der Waals surface area contributed by atoms with Crippen LogP contribution in [0.2, 0.25) is 10.0 Å². The number of carbonyl (C=O) groups excluding carboxylic acids is 2. The van der Waals surface area contributed by atoms with E-state index in [1.165, 1.54) is 42.5 Å². The van der Waals surface area contributed by atoms with E-state index in [9.17, 15) is 20.0 Å². The van der Waals surface area contributed by atoms with Gasteiger partial charge in [0.2, 0.25) is 0 Å². The quantitative estimate of drug-likeness (QED) is 0.292. The van der Waals surface area contributed by atoms with Gasteiger partial charge in [0.15, 0.2) is 12.4 Å². The van der Waals surface area contributed by atoms with E-state index in [1.54, 1.807) is 6.92 Å². The standard InChI is InChI=1S/C20H16Cl2N2O5/c1-2-28-18(26)11-29-19-16(21)8-12(9-17(19)22)7-13(10-23)20(27)24-14-3-5-15(25)6-4-14/h3-9,25H,2,11H2,1H3,(H,24,27)/b13-7+. The third-order valence-electron chi connectivity index (χ3n) is 3.46. The van der Waals surface area contributed by atoms with Crippen LogP contribution in [0.25, 0.3) is 6.08 Å². The smallest absolute Gasteiger partial charge is 0.344 e. The highest BCUT2D eigenvalue weighted by Crippen LogP contribution is 2.35. The van der Waals surface area contributed by atoms with Gasteiger partial charge in [-0.05, 0) is 55.0 Å². The predicted octanol–water partition coefficient (Wildman–Crippen LogP) is 4.19. The molecule has 7 nitrogen and oxygen atoms in total. The van der Waals surface area contributed by atoms with E-state index in [1.807, 2.05) is 6.07 Å². The van der Waals surface area contributed by atoms with E-state index in [2.05, 4.69) is 5.32 Å². The van der Waals surface area contributed by atoms with Gasteiger partial charge in [-0.3, -0.25) is 4.79 Å². The van der Waals surface area contributed by atoms with Crippen LogP contribution in [0.1, 0.15) is 12.5 Å². The molecule has 0 aliphatic rings. The van der Waals surface area contributed by atoms with Crippen molar-refractivity contribution in [3.63, 3.8) is 0 Å². The zero-order chi connectivity index (χ0) is 21.4. The number of hydrogen-bond acceptors (Lipinski definition) is 6. The van der Waals surface area contributed by atoms with Gasteiger partial charge in [-0.2, -0.15) is 5.26 Å². The summed E-state index contributed by atoms with van der Waals surface area (Å²) in [5.74, 6) is -1.08. The summed E-state index contributed by atoms with van der Waals surface area (Å²) in [5, 5.41) is 21.3. The molecule has 0 atom stereocenters. The van der Waals surface area contributed by atoms with Gasteiger partial charge in [-0.25, -0.2) is 4.79 Å². The number of phenolic OH excluding ortho intramolecular Hbond substituents is 1. The Morgan fingerprint density at radius 2 is 1.83 bits per heavy atom. The number of ether oxygens (including phenoxy) is 2. The second-order valence-electron chi connectivity index (χ2n) is 5.58. The molecule has 0 bridgehead atoms. The second kappa shape index (κ2) is 10.4. The molecule has 2 rings (SSSR count). The molecule has 0 aliphatic heterocycles. The molecule has 0 radical (unpaired) electrons. The zero-order valence-corrected chi connectivity index (χ0v) is 16.8. The number of halogens is 2. The van der Waals surface area contributed by atoms with E-state index in [-0.39, 0.29) is 40.3 Å². The number of nitrogens with zero attached hydrogens (tertiary/aromatic N) is 1. The van der Waals surface area contributed by atoms with Crippen LogP contribution < -0.4 is 10.1 Å². The fraction of sp³-hybridized carbons (Fsp3) is 0.150. The fourth-order valence-corrected chi connectivity index (χ4v) is 2.81. The van der Waals surface area contributed by atoms with Gasteiger partial charge < -0.3 is 19.9 Å². The Morgan fingerprint density at radius 1 is 1.21 bits per heavy atom. The van der Waals surface area contributed by atoms with Crippen LogP contribution in [-0.4, -0.2) is 30.2 Å². The Bertz CT molecular complexity index is 958. The van der Waals surface area contributed by atoms with Crippen molar-refractivity contribution in [1.29, 1.82) is 5.26 Å². The van der Waals surface area contributed by atoms with Crippen molar-refractivity contribution in [2.45, 2.75) is 6.92 Å². The number of amides is 1. The van der Waals surface area contributed by atoms with E-state index in [4.69, 9.17) is 32.7 Å². The van der Waals surface area contributed by atoms with Gasteiger partial charge >= 0.3 is 5.97 Å². The maximum Gasteiger partial charge on any atom is 0.344 e. The minimum Gasteiger partial charge on any atom is -0.508 e. The van der Waals surface area contributed by atoms with Crippen LogP contribution in [0, 0.1) is 11.3 Å². The fourth-order valence-electron chi connectivity index (χ4n) is 2.19. The number of hydrogen-bond donors (Lipinski definition) is 2. The Morgan fingerprint density at radius 3 is 2.38 bits per heavy atom. The van der Waals surface area contributed by atoms with Crippen molar-refractivity contribution in [1.82, 2.24) is 0 Å².